The molecule has 1 unspecified atom stereocenters. The third-order valence-electron chi connectivity index (χ3n) is 9.57. The number of ketones is 1. The van der Waals surface area contributed by atoms with Crippen LogP contribution in [0, 0.1) is 5.92 Å². The molecule has 2 aromatic carbocycles. The van der Waals surface area contributed by atoms with E-state index in [9.17, 15) is 38.7 Å². The summed E-state index contributed by atoms with van der Waals surface area (Å²) >= 11 is 0. The molecular formula is C39H52N6O9. The molecule has 2 bridgehead atoms. The number of carboxylic acid groups (broad SMARTS) is 1. The molecule has 15 heteroatoms. The molecular weight excluding hydrogens is 696 g/mol. The topological polar surface area (TPSA) is 221 Å². The Morgan fingerprint density at radius 2 is 1.63 bits per heavy atom. The lowest BCUT2D eigenvalue weighted by atomic mass is 9.83. The monoisotopic (exact) mass is 748 g/mol. The molecule has 1 saturated carbocycles. The third kappa shape index (κ3) is 12.9. The first-order valence-corrected chi connectivity index (χ1v) is 18.8. The van der Waals surface area contributed by atoms with Gasteiger partial charge in [-0.2, -0.15) is 0 Å². The van der Waals surface area contributed by atoms with Crippen LogP contribution in [0.2, 0.25) is 0 Å². The maximum Gasteiger partial charge on any atom is 0.330 e. The highest BCUT2D eigenvalue weighted by Gasteiger charge is 2.35. The van der Waals surface area contributed by atoms with E-state index in [1.807, 2.05) is 0 Å². The second-order valence-electron chi connectivity index (χ2n) is 13.7. The Hall–Kier alpha value is -5.47. The van der Waals surface area contributed by atoms with Gasteiger partial charge in [0.15, 0.2) is 6.04 Å². The summed E-state index contributed by atoms with van der Waals surface area (Å²) in [6, 6.07) is 9.91. The van der Waals surface area contributed by atoms with Crippen LogP contribution in [0.4, 0.5) is 4.79 Å². The summed E-state index contributed by atoms with van der Waals surface area (Å²) in [5.41, 5.74) is 0.996. The Morgan fingerprint density at radius 3 is 2.35 bits per heavy atom. The molecule has 1 fully saturated rings. The van der Waals surface area contributed by atoms with E-state index in [4.69, 9.17) is 4.74 Å². The Kier molecular flexibility index (Phi) is 16.3. The molecule has 4 atom stereocenters. The molecule has 1 heterocycles. The normalized spacial score (nSPS) is 19.9. The molecule has 2 aromatic rings. The van der Waals surface area contributed by atoms with E-state index in [0.29, 0.717) is 36.4 Å². The number of ether oxygens (including phenoxy) is 1. The summed E-state index contributed by atoms with van der Waals surface area (Å²) < 4.78 is 5.92. The zero-order valence-electron chi connectivity index (χ0n) is 30.7. The number of benzene rings is 2. The second-order valence-corrected chi connectivity index (χ2v) is 13.7. The minimum absolute atomic E-state index is 0.0178. The smallest absolute Gasteiger partial charge is 0.330 e. The maximum atomic E-state index is 14.0. The number of hydrogen-bond donors (Lipinski definition) is 7. The van der Waals surface area contributed by atoms with Crippen LogP contribution in [-0.4, -0.2) is 84.3 Å². The molecule has 2 aliphatic rings. The Morgan fingerprint density at radius 1 is 0.889 bits per heavy atom. The van der Waals surface area contributed by atoms with Gasteiger partial charge in [0.1, 0.15) is 17.8 Å². The largest absolute Gasteiger partial charge is 0.494 e. The van der Waals surface area contributed by atoms with Crippen molar-refractivity contribution in [2.24, 2.45) is 5.92 Å². The van der Waals surface area contributed by atoms with Crippen molar-refractivity contribution in [1.82, 2.24) is 31.9 Å². The van der Waals surface area contributed by atoms with Gasteiger partial charge >= 0.3 is 12.0 Å². The van der Waals surface area contributed by atoms with Gasteiger partial charge in [-0.1, -0.05) is 75.1 Å². The fourth-order valence-corrected chi connectivity index (χ4v) is 6.70. The maximum absolute atomic E-state index is 14.0. The molecule has 0 radical (unpaired) electrons. The number of carbonyl (C=O) groups is 7. The van der Waals surface area contributed by atoms with E-state index in [2.05, 4.69) is 31.9 Å². The average molecular weight is 749 g/mol. The van der Waals surface area contributed by atoms with Crippen molar-refractivity contribution in [3.05, 3.63) is 65.7 Å². The third-order valence-corrected chi connectivity index (χ3v) is 9.57. The number of fused-ring (bicyclic) bond motifs is 2. The fourth-order valence-electron chi connectivity index (χ4n) is 6.70. The zero-order valence-corrected chi connectivity index (χ0v) is 30.7. The lowest BCUT2D eigenvalue weighted by Gasteiger charge is -2.31. The van der Waals surface area contributed by atoms with Crippen molar-refractivity contribution >= 4 is 41.4 Å². The van der Waals surface area contributed by atoms with Crippen molar-refractivity contribution in [2.75, 3.05) is 19.7 Å². The summed E-state index contributed by atoms with van der Waals surface area (Å²) in [5.74, 6) is -5.11. The molecule has 1 aliphatic carbocycles. The Bertz CT molecular complexity index is 1610. The first kappa shape index (κ1) is 41.3. The number of nitrogens with one attached hydrogen (secondary N) is 6. The van der Waals surface area contributed by atoms with Crippen LogP contribution in [0.5, 0.6) is 5.75 Å². The van der Waals surface area contributed by atoms with E-state index in [-0.39, 0.29) is 18.8 Å². The van der Waals surface area contributed by atoms with Crippen molar-refractivity contribution in [2.45, 2.75) is 102 Å². The SMILES string of the molecule is CCCC(NC(=O)[C@@H]1Cc2cccc(c2)OCCCCCNC(=O)N[C@@H](C2CCCCC2)C(=O)N1)C(=O)C(=O)NCC(=O)N[C@H](C(=O)O)c1ccccc1. The number of aliphatic carboxylic acids is 1. The minimum atomic E-state index is -1.37. The number of carboxylic acids is 1. The van der Waals surface area contributed by atoms with E-state index in [1.54, 1.807) is 49.4 Å². The average Bonchev–Trinajstić information content (AvgIpc) is 3.17. The van der Waals surface area contributed by atoms with Crippen LogP contribution in [0.1, 0.15) is 88.3 Å². The number of amides is 6. The number of hydrogen-bond acceptors (Lipinski definition) is 8. The predicted molar refractivity (Wildman–Crippen MR) is 198 cm³/mol. The van der Waals surface area contributed by atoms with Crippen molar-refractivity contribution < 1.29 is 43.4 Å². The molecule has 0 spiro atoms. The van der Waals surface area contributed by atoms with Gasteiger partial charge in [0, 0.05) is 13.0 Å². The molecule has 15 nitrogen and oxygen atoms in total. The molecule has 6 amide bonds. The molecule has 0 aromatic heterocycles. The number of rotatable bonds is 12. The van der Waals surface area contributed by atoms with Gasteiger partial charge < -0.3 is 41.7 Å². The van der Waals surface area contributed by atoms with Crippen LogP contribution < -0.4 is 36.6 Å². The van der Waals surface area contributed by atoms with Crippen LogP contribution >= 0.6 is 0 Å². The van der Waals surface area contributed by atoms with Crippen LogP contribution in [0.15, 0.2) is 54.6 Å². The van der Waals surface area contributed by atoms with Crippen LogP contribution in [-0.2, 0) is 35.2 Å². The highest BCUT2D eigenvalue weighted by atomic mass is 16.5. The van der Waals surface area contributed by atoms with Gasteiger partial charge in [0.05, 0.1) is 19.2 Å². The molecule has 292 valence electrons. The van der Waals surface area contributed by atoms with Gasteiger partial charge in [-0.05, 0) is 67.7 Å². The van der Waals surface area contributed by atoms with Gasteiger partial charge in [-0.15, -0.1) is 0 Å². The molecule has 0 saturated heterocycles. The minimum Gasteiger partial charge on any atom is -0.494 e. The van der Waals surface area contributed by atoms with E-state index in [1.165, 1.54) is 12.1 Å². The van der Waals surface area contributed by atoms with Crippen LogP contribution in [0.3, 0.4) is 0 Å². The lowest BCUT2D eigenvalue weighted by molar-refractivity contribution is -0.142. The first-order valence-electron chi connectivity index (χ1n) is 18.8. The quantitative estimate of drug-likeness (QED) is 0.158. The zero-order chi connectivity index (χ0) is 38.9. The fraction of sp³-hybridized carbons (Fsp3) is 0.513. The summed E-state index contributed by atoms with van der Waals surface area (Å²) in [6.07, 6.45) is 7.15. The number of carbonyl (C=O) groups excluding carboxylic acids is 6. The predicted octanol–water partition coefficient (Wildman–Crippen LogP) is 2.44. The standard InChI is InChI=1S/C39H52N6O9/c1-2-13-29(34(47)37(50)41-24-31(46)44-33(38(51)52)27-17-8-4-9-18-27)42-35(48)30-23-25-14-12-19-28(22-25)54-21-11-5-10-20-40-39(53)45-32(36(49)43-30)26-15-6-3-7-16-26/h4,8-9,12,14,17-19,22,26,29-30,32-33H,2-3,5-7,10-11,13,15-16,20-21,23-24H2,1H3,(H,41,50)(H,42,48)(H,43,49)(H,44,46)(H,51,52)(H2,40,45,53)/t29?,30-,32-,33-/m0/s1. The van der Waals surface area contributed by atoms with Gasteiger partial charge in [-0.3, -0.25) is 24.0 Å². The van der Waals surface area contributed by atoms with Crippen molar-refractivity contribution in [3.8, 4) is 5.75 Å². The van der Waals surface area contributed by atoms with E-state index < -0.39 is 72.1 Å². The summed E-state index contributed by atoms with van der Waals surface area (Å²) in [4.78, 5) is 91.7. The number of urea groups is 1. The lowest BCUT2D eigenvalue weighted by Crippen LogP contribution is -2.59. The summed E-state index contributed by atoms with van der Waals surface area (Å²) in [7, 11) is 0. The van der Waals surface area contributed by atoms with Gasteiger partial charge in [-0.25, -0.2) is 9.59 Å². The Labute approximate surface area is 315 Å². The number of Topliss-reactive ketones (excluding diaryl/α,β-unsaturated/α-hetero) is 1. The van der Waals surface area contributed by atoms with E-state index in [0.717, 1.165) is 51.4 Å². The molecule has 1 aliphatic heterocycles. The first-order chi connectivity index (χ1) is 26.0. The highest BCUT2D eigenvalue weighted by Crippen LogP contribution is 2.27. The van der Waals surface area contributed by atoms with Crippen molar-refractivity contribution in [1.29, 1.82) is 0 Å². The van der Waals surface area contributed by atoms with Gasteiger partial charge in [0.25, 0.3) is 5.91 Å². The van der Waals surface area contributed by atoms with E-state index >= 15 is 0 Å². The van der Waals surface area contributed by atoms with Crippen LogP contribution in [0.25, 0.3) is 0 Å². The highest BCUT2D eigenvalue weighted by molar-refractivity contribution is 6.38. The summed E-state index contributed by atoms with van der Waals surface area (Å²) in [6.45, 7) is 1.96. The van der Waals surface area contributed by atoms with Crippen molar-refractivity contribution in [3.63, 3.8) is 0 Å². The molecule has 4 rings (SSSR count). The summed E-state index contributed by atoms with van der Waals surface area (Å²) in [5, 5.41) is 25.3. The second kappa shape index (κ2) is 21.3. The molecule has 54 heavy (non-hydrogen) atoms. The molecule has 7 N–H and O–H groups in total. The van der Waals surface area contributed by atoms with Gasteiger partial charge in [0.2, 0.25) is 23.5 Å². The Balaban J connectivity index is 1.50.